The second-order valence-corrected chi connectivity index (χ2v) is 9.58. The minimum absolute atomic E-state index is 0.0799. The quantitative estimate of drug-likeness (QED) is 0.242. The van der Waals surface area contributed by atoms with Gasteiger partial charge < -0.3 is 28.6 Å². The number of nitrogens with zero attached hydrogens (tertiary/aromatic N) is 1. The number of fused-ring (bicyclic) bond motifs is 1. The zero-order valence-electron chi connectivity index (χ0n) is 20.4. The summed E-state index contributed by atoms with van der Waals surface area (Å²) in [5.74, 6) is -1.63. The number of piperidine rings is 1. The highest BCUT2D eigenvalue weighted by molar-refractivity contribution is 6.39. The Kier molecular flexibility index (Phi) is 8.89. The molecule has 0 bridgehead atoms. The van der Waals surface area contributed by atoms with Crippen LogP contribution in [0.2, 0.25) is 0 Å². The third-order valence-electron chi connectivity index (χ3n) is 7.58. The molecule has 2 heterocycles. The number of Topliss-reactive ketones (excluding diaryl/α,β-unsaturated/α-hetero) is 1. The molecule has 0 spiro atoms. The van der Waals surface area contributed by atoms with Crippen molar-refractivity contribution in [2.75, 3.05) is 53.8 Å². The molecule has 9 heteroatoms. The molecule has 1 amide bonds. The molecule has 0 radical (unpaired) electrons. The van der Waals surface area contributed by atoms with Crippen LogP contribution in [0, 0.1) is 11.8 Å². The van der Waals surface area contributed by atoms with E-state index in [9.17, 15) is 14.4 Å². The maximum absolute atomic E-state index is 13.5. The Hall–Kier alpha value is -1.55. The van der Waals surface area contributed by atoms with Gasteiger partial charge >= 0.3 is 5.97 Å². The summed E-state index contributed by atoms with van der Waals surface area (Å²) in [6, 6.07) is 0. The summed E-state index contributed by atoms with van der Waals surface area (Å²) >= 11 is 0. The summed E-state index contributed by atoms with van der Waals surface area (Å²) in [7, 11) is 2.96. The number of methoxy groups -OCH3 is 2. The third kappa shape index (κ3) is 5.42. The molecular weight excluding hydrogens is 430 g/mol. The summed E-state index contributed by atoms with van der Waals surface area (Å²) in [5.41, 5.74) is -2.19. The summed E-state index contributed by atoms with van der Waals surface area (Å²) in [6.45, 7) is 6.61. The van der Waals surface area contributed by atoms with Crippen molar-refractivity contribution in [3.8, 4) is 0 Å². The van der Waals surface area contributed by atoms with E-state index in [2.05, 4.69) is 0 Å². The van der Waals surface area contributed by atoms with Gasteiger partial charge in [0.05, 0.1) is 39.6 Å². The van der Waals surface area contributed by atoms with Gasteiger partial charge in [-0.15, -0.1) is 0 Å². The fraction of sp³-hybridized carbons (Fsp3) is 0.875. The number of hydrogen-bond donors (Lipinski definition) is 0. The molecule has 0 N–H and O–H groups in total. The average molecular weight is 470 g/mol. The number of esters is 1. The van der Waals surface area contributed by atoms with E-state index in [-0.39, 0.29) is 17.9 Å². The van der Waals surface area contributed by atoms with Gasteiger partial charge in [-0.1, -0.05) is 6.92 Å². The number of amides is 1. The molecule has 2 saturated heterocycles. The van der Waals surface area contributed by atoms with Crippen LogP contribution in [0.25, 0.3) is 0 Å². The monoisotopic (exact) mass is 469 g/mol. The van der Waals surface area contributed by atoms with Gasteiger partial charge in [0, 0.05) is 20.3 Å². The van der Waals surface area contributed by atoms with E-state index in [0.29, 0.717) is 52.4 Å². The zero-order chi connectivity index (χ0) is 24.1. The topological polar surface area (TPSA) is 101 Å². The van der Waals surface area contributed by atoms with Gasteiger partial charge in [0.25, 0.3) is 11.7 Å². The van der Waals surface area contributed by atoms with Gasteiger partial charge in [0.1, 0.15) is 11.1 Å². The van der Waals surface area contributed by atoms with Crippen LogP contribution >= 0.6 is 0 Å². The second kappa shape index (κ2) is 11.3. The van der Waals surface area contributed by atoms with Gasteiger partial charge in [-0.25, -0.2) is 4.79 Å². The Balaban J connectivity index is 1.55. The lowest BCUT2D eigenvalue weighted by Crippen LogP contribution is -2.60. The summed E-state index contributed by atoms with van der Waals surface area (Å²) < 4.78 is 27.2. The van der Waals surface area contributed by atoms with E-state index >= 15 is 0 Å². The first-order valence-corrected chi connectivity index (χ1v) is 12.1. The van der Waals surface area contributed by atoms with Crippen molar-refractivity contribution in [1.29, 1.82) is 0 Å². The molecule has 0 aromatic carbocycles. The number of likely N-dealkylation sites (tertiary alicyclic amines) is 1. The molecule has 0 aromatic heterocycles. The van der Waals surface area contributed by atoms with Crippen molar-refractivity contribution < 1.29 is 38.1 Å². The Morgan fingerprint density at radius 1 is 1.00 bits per heavy atom. The third-order valence-corrected chi connectivity index (χ3v) is 7.58. The van der Waals surface area contributed by atoms with Gasteiger partial charge in [-0.2, -0.15) is 0 Å². The molecular formula is C24H39NO8. The lowest BCUT2D eigenvalue weighted by molar-refractivity contribution is -0.183. The van der Waals surface area contributed by atoms with Crippen LogP contribution in [0.4, 0.5) is 0 Å². The standard InChI is InChI=1S/C24H39NO8/c1-17-7-8-19(9-11-31-14-15-32-13-12-29-3)33-23(17,2)20(26)21(27)25-10-5-6-18-16-24(18,25)22(28)30-4/h17-19H,5-16H2,1-4H3/t17-,18?,19+,23-,24?/m1/s1. The van der Waals surface area contributed by atoms with Gasteiger partial charge in [-0.3, -0.25) is 9.59 Å². The number of carbonyl (C=O) groups excluding carboxylic acids is 3. The van der Waals surface area contributed by atoms with Crippen molar-refractivity contribution in [3.05, 3.63) is 0 Å². The summed E-state index contributed by atoms with van der Waals surface area (Å²) in [6.07, 6.45) is 4.29. The van der Waals surface area contributed by atoms with Gasteiger partial charge in [0.15, 0.2) is 0 Å². The minimum atomic E-state index is -1.22. The van der Waals surface area contributed by atoms with E-state index in [4.69, 9.17) is 23.7 Å². The fourth-order valence-electron chi connectivity index (χ4n) is 5.23. The van der Waals surface area contributed by atoms with Crippen LogP contribution in [-0.4, -0.2) is 93.6 Å². The molecule has 1 saturated carbocycles. The average Bonchev–Trinajstić information content (AvgIpc) is 3.57. The molecule has 5 atom stereocenters. The molecule has 2 unspecified atom stereocenters. The lowest BCUT2D eigenvalue weighted by atomic mass is 9.79. The molecule has 3 fully saturated rings. The maximum atomic E-state index is 13.5. The number of hydrogen-bond acceptors (Lipinski definition) is 8. The largest absolute Gasteiger partial charge is 0.467 e. The molecule has 3 aliphatic rings. The summed E-state index contributed by atoms with van der Waals surface area (Å²) in [4.78, 5) is 40.8. The van der Waals surface area contributed by atoms with Crippen LogP contribution < -0.4 is 0 Å². The molecule has 2 aliphatic heterocycles. The highest BCUT2D eigenvalue weighted by Crippen LogP contribution is 2.55. The molecule has 3 rings (SSSR count). The predicted molar refractivity (Wildman–Crippen MR) is 119 cm³/mol. The Labute approximate surface area is 196 Å². The molecule has 188 valence electrons. The van der Waals surface area contributed by atoms with Crippen LogP contribution in [0.3, 0.4) is 0 Å². The maximum Gasteiger partial charge on any atom is 0.332 e. The van der Waals surface area contributed by atoms with E-state index in [1.165, 1.54) is 12.0 Å². The molecule has 33 heavy (non-hydrogen) atoms. The zero-order valence-corrected chi connectivity index (χ0v) is 20.4. The van der Waals surface area contributed by atoms with Crippen molar-refractivity contribution in [3.63, 3.8) is 0 Å². The minimum Gasteiger partial charge on any atom is -0.467 e. The highest BCUT2D eigenvalue weighted by Gasteiger charge is 2.68. The SMILES string of the molecule is COCCOCCOCC[C@@H]1CC[C@@H](C)[C@](C)(C(=O)C(=O)N2CCCC3CC32C(=O)OC)O1. The number of rotatable bonds is 12. The van der Waals surface area contributed by atoms with Crippen molar-refractivity contribution >= 4 is 17.7 Å². The Morgan fingerprint density at radius 3 is 2.39 bits per heavy atom. The lowest BCUT2D eigenvalue weighted by Gasteiger charge is -2.43. The number of ketones is 1. The first-order chi connectivity index (χ1) is 15.8. The summed E-state index contributed by atoms with van der Waals surface area (Å²) in [5, 5.41) is 0. The molecule has 1 aliphatic carbocycles. The first kappa shape index (κ1) is 26.1. The predicted octanol–water partition coefficient (Wildman–Crippen LogP) is 1.75. The molecule has 9 nitrogen and oxygen atoms in total. The van der Waals surface area contributed by atoms with Gasteiger partial charge in [-0.05, 0) is 57.3 Å². The molecule has 0 aromatic rings. The smallest absolute Gasteiger partial charge is 0.332 e. The van der Waals surface area contributed by atoms with Crippen LogP contribution in [-0.2, 0) is 38.1 Å². The fourth-order valence-corrected chi connectivity index (χ4v) is 5.23. The highest BCUT2D eigenvalue weighted by atomic mass is 16.5. The van der Waals surface area contributed by atoms with Gasteiger partial charge in [0.2, 0.25) is 0 Å². The Morgan fingerprint density at radius 2 is 1.70 bits per heavy atom. The van der Waals surface area contributed by atoms with E-state index < -0.39 is 28.8 Å². The number of carbonyl (C=O) groups is 3. The van der Waals surface area contributed by atoms with Crippen LogP contribution in [0.1, 0.15) is 52.4 Å². The Bertz CT molecular complexity index is 715. The first-order valence-electron chi connectivity index (χ1n) is 12.1. The second-order valence-electron chi connectivity index (χ2n) is 9.58. The van der Waals surface area contributed by atoms with Crippen molar-refractivity contribution in [1.82, 2.24) is 4.90 Å². The normalized spacial score (nSPS) is 33.3. The van der Waals surface area contributed by atoms with Crippen LogP contribution in [0.5, 0.6) is 0 Å². The van der Waals surface area contributed by atoms with E-state index in [0.717, 1.165) is 25.7 Å². The van der Waals surface area contributed by atoms with Crippen LogP contribution in [0.15, 0.2) is 0 Å². The van der Waals surface area contributed by atoms with E-state index in [1.54, 1.807) is 14.0 Å². The van der Waals surface area contributed by atoms with Crippen molar-refractivity contribution in [2.45, 2.75) is 69.6 Å². The van der Waals surface area contributed by atoms with Crippen molar-refractivity contribution in [2.24, 2.45) is 11.8 Å². The number of ether oxygens (including phenoxy) is 5. The van der Waals surface area contributed by atoms with E-state index in [1.807, 2.05) is 6.92 Å².